The van der Waals surface area contributed by atoms with Crippen LogP contribution in [0.4, 0.5) is 5.69 Å². The quantitative estimate of drug-likeness (QED) is 0.659. The van der Waals surface area contributed by atoms with Gasteiger partial charge in [-0.3, -0.25) is 14.4 Å². The number of carboxylic acid groups (broad SMARTS) is 1. The van der Waals surface area contributed by atoms with Gasteiger partial charge in [-0.1, -0.05) is 42.5 Å². The van der Waals surface area contributed by atoms with Crippen LogP contribution in [0.15, 0.2) is 54.6 Å². The van der Waals surface area contributed by atoms with Crippen molar-refractivity contribution in [3.63, 3.8) is 0 Å². The Labute approximate surface area is 157 Å². The van der Waals surface area contributed by atoms with E-state index in [2.05, 4.69) is 10.6 Å². The second kappa shape index (κ2) is 8.95. The van der Waals surface area contributed by atoms with E-state index in [1.807, 2.05) is 30.3 Å². The normalized spacial score (nSPS) is 12.7. The van der Waals surface area contributed by atoms with Crippen LogP contribution in [0.3, 0.4) is 0 Å². The van der Waals surface area contributed by atoms with Crippen LogP contribution in [0, 0.1) is 0 Å². The van der Waals surface area contributed by atoms with Crippen LogP contribution in [-0.2, 0) is 31.1 Å². The highest BCUT2D eigenvalue weighted by molar-refractivity contribution is 5.97. The van der Waals surface area contributed by atoms with E-state index in [1.54, 1.807) is 31.2 Å². The molecule has 7 nitrogen and oxygen atoms in total. The highest BCUT2D eigenvalue weighted by Gasteiger charge is 2.35. The number of carboxylic acids is 1. The second-order valence-electron chi connectivity index (χ2n) is 6.10. The molecule has 0 aliphatic carbocycles. The van der Waals surface area contributed by atoms with Gasteiger partial charge in [0.2, 0.25) is 5.91 Å². The third kappa shape index (κ3) is 5.39. The molecule has 2 aromatic rings. The van der Waals surface area contributed by atoms with Gasteiger partial charge in [0.25, 0.3) is 5.91 Å². The van der Waals surface area contributed by atoms with Crippen molar-refractivity contribution in [3.8, 4) is 0 Å². The topological polar surface area (TPSA) is 105 Å². The zero-order chi connectivity index (χ0) is 19.9. The summed E-state index contributed by atoms with van der Waals surface area (Å²) in [6.45, 7) is 1.28. The molecule has 0 aliphatic heterocycles. The summed E-state index contributed by atoms with van der Waals surface area (Å²) in [6.07, 6.45) is 0.0569. The minimum Gasteiger partial charge on any atom is -0.480 e. The van der Waals surface area contributed by atoms with Gasteiger partial charge in [0.05, 0.1) is 6.42 Å². The molecule has 0 bridgehead atoms. The van der Waals surface area contributed by atoms with Gasteiger partial charge in [-0.15, -0.1) is 0 Å². The number of rotatable bonds is 8. The average Bonchev–Trinajstić information content (AvgIpc) is 2.68. The van der Waals surface area contributed by atoms with E-state index >= 15 is 0 Å². The molecule has 2 rings (SSSR count). The van der Waals surface area contributed by atoms with E-state index in [0.717, 1.165) is 5.56 Å². The summed E-state index contributed by atoms with van der Waals surface area (Å²) in [5.41, 5.74) is 0.857. The standard InChI is InChI=1S/C20H22N2O5/c1-20(27-2,15-6-4-3-5-7-15)19(26)22-16-10-8-14(9-11-16)12-17(23)21-13-18(24)25/h3-11H,12-13H2,1-2H3,(H,21,23)(H,22,26)(H,24,25). The molecule has 0 radical (unpaired) electrons. The van der Waals surface area contributed by atoms with Crippen molar-refractivity contribution >= 4 is 23.5 Å². The minimum atomic E-state index is -1.14. The fourth-order valence-corrected chi connectivity index (χ4v) is 2.48. The fourth-order valence-electron chi connectivity index (χ4n) is 2.48. The molecule has 0 fully saturated rings. The molecule has 142 valence electrons. The zero-order valence-electron chi connectivity index (χ0n) is 15.2. The van der Waals surface area contributed by atoms with Crippen LogP contribution in [-0.4, -0.2) is 36.5 Å². The van der Waals surface area contributed by atoms with Gasteiger partial charge >= 0.3 is 5.97 Å². The second-order valence-corrected chi connectivity index (χ2v) is 6.10. The maximum atomic E-state index is 12.7. The SMILES string of the molecule is COC(C)(C(=O)Nc1ccc(CC(=O)NCC(=O)O)cc1)c1ccccc1. The molecule has 0 heterocycles. The zero-order valence-corrected chi connectivity index (χ0v) is 15.2. The van der Waals surface area contributed by atoms with Crippen molar-refractivity contribution in [3.05, 3.63) is 65.7 Å². The van der Waals surface area contributed by atoms with E-state index < -0.39 is 18.1 Å². The van der Waals surface area contributed by atoms with Gasteiger partial charge in [0.1, 0.15) is 6.54 Å². The maximum Gasteiger partial charge on any atom is 0.322 e. The molecular formula is C20H22N2O5. The van der Waals surface area contributed by atoms with Crippen molar-refractivity contribution < 1.29 is 24.2 Å². The first kappa shape index (κ1) is 20.1. The molecule has 7 heteroatoms. The largest absolute Gasteiger partial charge is 0.480 e. The molecule has 1 unspecified atom stereocenters. The summed E-state index contributed by atoms with van der Waals surface area (Å²) >= 11 is 0. The van der Waals surface area contributed by atoms with Crippen LogP contribution >= 0.6 is 0 Å². The lowest BCUT2D eigenvalue weighted by Gasteiger charge is -2.27. The monoisotopic (exact) mass is 370 g/mol. The highest BCUT2D eigenvalue weighted by atomic mass is 16.5. The molecule has 3 N–H and O–H groups in total. The van der Waals surface area contributed by atoms with Crippen molar-refractivity contribution in [2.24, 2.45) is 0 Å². The first-order chi connectivity index (χ1) is 12.8. The summed E-state index contributed by atoms with van der Waals surface area (Å²) < 4.78 is 5.47. The molecule has 0 spiro atoms. The lowest BCUT2D eigenvalue weighted by molar-refractivity contribution is -0.138. The number of carbonyl (C=O) groups is 3. The van der Waals surface area contributed by atoms with Crippen molar-refractivity contribution in [1.29, 1.82) is 0 Å². The number of hydrogen-bond donors (Lipinski definition) is 3. The number of aliphatic carboxylic acids is 1. The van der Waals surface area contributed by atoms with Crippen LogP contribution in [0.5, 0.6) is 0 Å². The maximum absolute atomic E-state index is 12.7. The van der Waals surface area contributed by atoms with E-state index in [0.29, 0.717) is 11.3 Å². The smallest absolute Gasteiger partial charge is 0.322 e. The van der Waals surface area contributed by atoms with Gasteiger partial charge in [-0.2, -0.15) is 0 Å². The minimum absolute atomic E-state index is 0.0569. The van der Waals surface area contributed by atoms with Crippen molar-refractivity contribution in [2.45, 2.75) is 18.9 Å². The van der Waals surface area contributed by atoms with Gasteiger partial charge < -0.3 is 20.5 Å². The molecule has 2 aromatic carbocycles. The number of nitrogens with one attached hydrogen (secondary N) is 2. The molecule has 2 amide bonds. The first-order valence-corrected chi connectivity index (χ1v) is 8.34. The van der Waals surface area contributed by atoms with Gasteiger partial charge in [0.15, 0.2) is 5.60 Å². The third-order valence-corrected chi connectivity index (χ3v) is 4.18. The number of methoxy groups -OCH3 is 1. The van der Waals surface area contributed by atoms with Crippen LogP contribution in [0.1, 0.15) is 18.1 Å². The number of ether oxygens (including phenoxy) is 1. The molecule has 0 saturated heterocycles. The molecule has 0 aromatic heterocycles. The van der Waals surface area contributed by atoms with Crippen LogP contribution < -0.4 is 10.6 Å². The fraction of sp³-hybridized carbons (Fsp3) is 0.250. The predicted molar refractivity (Wildman–Crippen MR) is 100 cm³/mol. The van der Waals surface area contributed by atoms with Gasteiger partial charge in [0, 0.05) is 12.8 Å². The van der Waals surface area contributed by atoms with Crippen molar-refractivity contribution in [1.82, 2.24) is 5.32 Å². The van der Waals surface area contributed by atoms with Crippen LogP contribution in [0.2, 0.25) is 0 Å². The molecule has 0 saturated carbocycles. The van der Waals surface area contributed by atoms with E-state index in [-0.39, 0.29) is 18.2 Å². The lowest BCUT2D eigenvalue weighted by atomic mass is 9.94. The summed E-state index contributed by atoms with van der Waals surface area (Å²) in [4.78, 5) is 34.8. The Balaban J connectivity index is 2.02. The number of anilines is 1. The Morgan fingerprint density at radius 1 is 1.04 bits per heavy atom. The number of carbonyl (C=O) groups excluding carboxylic acids is 2. The van der Waals surface area contributed by atoms with E-state index in [4.69, 9.17) is 9.84 Å². The molecule has 0 aliphatic rings. The third-order valence-electron chi connectivity index (χ3n) is 4.18. The Morgan fingerprint density at radius 3 is 2.22 bits per heavy atom. The van der Waals surface area contributed by atoms with Crippen LogP contribution in [0.25, 0.3) is 0 Å². The molecule has 27 heavy (non-hydrogen) atoms. The number of hydrogen-bond acceptors (Lipinski definition) is 4. The lowest BCUT2D eigenvalue weighted by Crippen LogP contribution is -2.39. The summed E-state index contributed by atoms with van der Waals surface area (Å²) in [5.74, 6) is -1.80. The van der Waals surface area contributed by atoms with Crippen molar-refractivity contribution in [2.75, 3.05) is 19.0 Å². The Hall–Kier alpha value is -3.19. The predicted octanol–water partition coefficient (Wildman–Crippen LogP) is 1.93. The summed E-state index contributed by atoms with van der Waals surface area (Å²) in [6, 6.07) is 15.9. The average molecular weight is 370 g/mol. The van der Waals surface area contributed by atoms with Gasteiger partial charge in [-0.05, 0) is 30.2 Å². The van der Waals surface area contributed by atoms with E-state index in [9.17, 15) is 14.4 Å². The molecule has 1 atom stereocenters. The Kier molecular flexibility index (Phi) is 6.67. The highest BCUT2D eigenvalue weighted by Crippen LogP contribution is 2.26. The molecular weight excluding hydrogens is 348 g/mol. The Bertz CT molecular complexity index is 805. The van der Waals surface area contributed by atoms with E-state index in [1.165, 1.54) is 7.11 Å². The summed E-state index contributed by atoms with van der Waals surface area (Å²) in [5, 5.41) is 13.7. The number of benzene rings is 2. The Morgan fingerprint density at radius 2 is 1.67 bits per heavy atom. The van der Waals surface area contributed by atoms with Gasteiger partial charge in [-0.25, -0.2) is 0 Å². The number of amides is 2. The first-order valence-electron chi connectivity index (χ1n) is 8.34. The summed E-state index contributed by atoms with van der Waals surface area (Å²) in [7, 11) is 1.48.